The van der Waals surface area contributed by atoms with Crippen molar-refractivity contribution in [3.63, 3.8) is 0 Å². The van der Waals surface area contributed by atoms with Crippen molar-refractivity contribution < 1.29 is 35.8 Å². The van der Waals surface area contributed by atoms with E-state index in [4.69, 9.17) is 0 Å². The van der Waals surface area contributed by atoms with Gasteiger partial charge in [0, 0.05) is 12.2 Å². The number of anilines is 1. The molecule has 1 aromatic rings. The molecule has 0 amide bonds. The first-order valence-corrected chi connectivity index (χ1v) is 6.97. The van der Waals surface area contributed by atoms with E-state index in [1.165, 1.54) is 16.8 Å². The Hall–Kier alpha value is -0.570. The summed E-state index contributed by atoms with van der Waals surface area (Å²) in [6.45, 7) is 11.1. The van der Waals surface area contributed by atoms with Crippen LogP contribution in [0.3, 0.4) is 0 Å². The molecule has 0 aliphatic heterocycles. The van der Waals surface area contributed by atoms with Gasteiger partial charge in [-0.25, -0.2) is 0 Å². The third kappa shape index (κ3) is 5.82. The second kappa shape index (κ2) is 9.38. The second-order valence-corrected chi connectivity index (χ2v) is 5.51. The van der Waals surface area contributed by atoms with Crippen LogP contribution < -0.4 is 34.9 Å². The van der Waals surface area contributed by atoms with E-state index >= 15 is 0 Å². The fraction of sp³-hybridized carbons (Fsp3) is 0.471. The zero-order valence-electron chi connectivity index (χ0n) is 14.7. The molecule has 0 bridgehead atoms. The zero-order valence-corrected chi connectivity index (χ0v) is 15.7. The molecule has 0 radical (unpaired) electrons. The van der Waals surface area contributed by atoms with Crippen LogP contribution in [0.15, 0.2) is 30.4 Å². The summed E-state index contributed by atoms with van der Waals surface area (Å²) < 4.78 is 0. The molecule has 20 heavy (non-hydrogen) atoms. The molecule has 1 N–H and O–H groups in total. The maximum Gasteiger partial charge on any atom is 1.00 e. The average molecular weight is 283 g/mol. The van der Waals surface area contributed by atoms with E-state index < -0.39 is 0 Å². The fourth-order valence-corrected chi connectivity index (χ4v) is 2.14. The van der Waals surface area contributed by atoms with Gasteiger partial charge < -0.3 is 6.74 Å². The molecule has 1 rings (SSSR count). The van der Waals surface area contributed by atoms with Crippen molar-refractivity contribution in [1.29, 1.82) is 0 Å². The molecule has 0 saturated heterocycles. The third-order valence-electron chi connectivity index (χ3n) is 3.12. The van der Waals surface area contributed by atoms with Gasteiger partial charge >= 0.3 is 29.6 Å². The smallest absolute Gasteiger partial charge is 1.00 e. The average Bonchev–Trinajstić information content (AvgIpc) is 2.33. The van der Waals surface area contributed by atoms with E-state index in [0.29, 0.717) is 18.4 Å². The Bertz CT molecular complexity index is 444. The van der Waals surface area contributed by atoms with Gasteiger partial charge in [0.2, 0.25) is 0 Å². The summed E-state index contributed by atoms with van der Waals surface area (Å²) >= 11 is 0. The molecule has 0 atom stereocenters. The molecule has 2 nitrogen and oxygen atoms in total. The quantitative estimate of drug-likeness (QED) is 0.635. The maximum absolute atomic E-state index is 10.9. The minimum absolute atomic E-state index is 0. The number of benzene rings is 1. The van der Waals surface area contributed by atoms with Crippen LogP contribution in [0.2, 0.25) is 0 Å². The van der Waals surface area contributed by atoms with Crippen LogP contribution in [-0.2, 0) is 4.79 Å². The topological polar surface area (TPSA) is 29.1 Å². The van der Waals surface area contributed by atoms with Gasteiger partial charge in [-0.2, -0.15) is 0 Å². The van der Waals surface area contributed by atoms with Gasteiger partial charge in [-0.05, 0) is 36.0 Å². The van der Waals surface area contributed by atoms with Gasteiger partial charge in [0.1, 0.15) is 0 Å². The van der Waals surface area contributed by atoms with Crippen molar-refractivity contribution in [2.24, 2.45) is 0 Å². The van der Waals surface area contributed by atoms with Crippen LogP contribution in [0, 0.1) is 0 Å². The Kier molecular flexibility index (Phi) is 9.11. The molecule has 0 spiro atoms. The van der Waals surface area contributed by atoms with E-state index in [1.54, 1.807) is 13.0 Å². The predicted octanol–water partition coefficient (Wildman–Crippen LogP) is 1.61. The van der Waals surface area contributed by atoms with Crippen LogP contribution >= 0.6 is 0 Å². The van der Waals surface area contributed by atoms with Gasteiger partial charge in [0.15, 0.2) is 5.78 Å². The van der Waals surface area contributed by atoms with Gasteiger partial charge in [0.05, 0.1) is 0 Å². The summed E-state index contributed by atoms with van der Waals surface area (Å²) in [5.74, 6) is 1.05. The molecular weight excluding hydrogens is 257 g/mol. The molecule has 0 aliphatic rings. The summed E-state index contributed by atoms with van der Waals surface area (Å²) in [7, 11) is 0. The van der Waals surface area contributed by atoms with E-state index in [2.05, 4.69) is 51.2 Å². The Morgan fingerprint density at radius 2 is 1.70 bits per heavy atom. The van der Waals surface area contributed by atoms with Crippen molar-refractivity contribution in [2.45, 2.75) is 46.5 Å². The molecule has 0 aliphatic carbocycles. The predicted molar refractivity (Wildman–Crippen MR) is 84.0 cm³/mol. The summed E-state index contributed by atoms with van der Waals surface area (Å²) in [6, 6.07) is 6.47. The Labute approximate surface area is 146 Å². The molecule has 1 aromatic carbocycles. The Morgan fingerprint density at radius 1 is 1.20 bits per heavy atom. The van der Waals surface area contributed by atoms with Crippen LogP contribution in [0.4, 0.5) is 5.69 Å². The Balaban J connectivity index is 0. The number of carbonyl (C=O) groups is 1. The van der Waals surface area contributed by atoms with E-state index in [9.17, 15) is 4.79 Å². The van der Waals surface area contributed by atoms with E-state index in [1.807, 2.05) is 6.08 Å². The largest absolute Gasteiger partial charge is 1.00 e. The van der Waals surface area contributed by atoms with Crippen LogP contribution in [0.25, 0.3) is 0 Å². The van der Waals surface area contributed by atoms with Crippen molar-refractivity contribution in [3.05, 3.63) is 41.5 Å². The Morgan fingerprint density at radius 3 is 2.10 bits per heavy atom. The molecule has 0 saturated carbocycles. The minimum atomic E-state index is 0. The molecular formula is C17H26NNaO. The monoisotopic (exact) mass is 283 g/mol. The molecule has 0 heterocycles. The number of hydrogen-bond donors (Lipinski definition) is 1. The third-order valence-corrected chi connectivity index (χ3v) is 3.12. The van der Waals surface area contributed by atoms with E-state index in [-0.39, 0.29) is 36.8 Å². The number of allylic oxidation sites excluding steroid dienone is 1. The number of para-hydroxylation sites is 1. The molecule has 0 fully saturated rings. The normalized spacial score (nSPS) is 10.9. The fourth-order valence-electron chi connectivity index (χ4n) is 2.14. The van der Waals surface area contributed by atoms with Crippen LogP contribution in [0.1, 0.15) is 59.0 Å². The maximum atomic E-state index is 10.9. The zero-order chi connectivity index (χ0) is 14.4. The molecule has 0 aromatic heterocycles. The first kappa shape index (κ1) is 19.4. The van der Waals surface area contributed by atoms with E-state index in [0.717, 1.165) is 0 Å². The van der Waals surface area contributed by atoms with Gasteiger partial charge in [0.25, 0.3) is 0 Å². The number of nitrogens with one attached hydrogen (secondary N) is 1. The number of ketones is 1. The first-order valence-electron chi connectivity index (χ1n) is 6.97. The second-order valence-electron chi connectivity index (χ2n) is 5.51. The number of hydrogen-bond acceptors (Lipinski definition) is 2. The van der Waals surface area contributed by atoms with Crippen molar-refractivity contribution in [2.75, 3.05) is 11.9 Å². The molecule has 3 heteroatoms. The van der Waals surface area contributed by atoms with Gasteiger partial charge in [-0.3, -0.25) is 4.79 Å². The summed E-state index contributed by atoms with van der Waals surface area (Å²) in [6.07, 6.45) is 3.49. The summed E-state index contributed by atoms with van der Waals surface area (Å²) in [5.41, 5.74) is 3.89. The SMILES string of the molecule is CC(=O)C=CCNc1c(C(C)C)cccc1C(C)C.[H-].[Na+]. The molecule has 0 unspecified atom stereocenters. The van der Waals surface area contributed by atoms with Crippen LogP contribution in [-0.4, -0.2) is 12.3 Å². The molecule has 106 valence electrons. The van der Waals surface area contributed by atoms with Crippen molar-refractivity contribution in [1.82, 2.24) is 0 Å². The summed E-state index contributed by atoms with van der Waals surface area (Å²) in [4.78, 5) is 10.9. The van der Waals surface area contributed by atoms with Crippen LogP contribution in [0.5, 0.6) is 0 Å². The standard InChI is InChI=1S/C17H25NO.Na.H/c1-12(2)15-9-6-10-16(13(3)4)17(15)18-11-7-8-14(5)19;;/h6-10,12-13,18H,11H2,1-5H3;;/q;+1;-1. The van der Waals surface area contributed by atoms with Crippen molar-refractivity contribution >= 4 is 11.5 Å². The van der Waals surface area contributed by atoms with Gasteiger partial charge in [-0.1, -0.05) is 52.0 Å². The summed E-state index contributed by atoms with van der Waals surface area (Å²) in [5, 5.41) is 3.46. The first-order chi connectivity index (χ1) is 8.93. The van der Waals surface area contributed by atoms with Gasteiger partial charge in [-0.15, -0.1) is 0 Å². The van der Waals surface area contributed by atoms with Crippen molar-refractivity contribution in [3.8, 4) is 0 Å². The number of carbonyl (C=O) groups excluding carboxylic acids is 1. The minimum Gasteiger partial charge on any atom is -1.00 e. The number of rotatable bonds is 6.